The van der Waals surface area contributed by atoms with Gasteiger partial charge in [-0.25, -0.2) is 9.37 Å². The van der Waals surface area contributed by atoms with Crippen LogP contribution < -0.4 is 11.1 Å². The Morgan fingerprint density at radius 1 is 1.22 bits per heavy atom. The average molecular weight is 370 g/mol. The Morgan fingerprint density at radius 2 is 1.96 bits per heavy atom. The number of amides is 1. The van der Waals surface area contributed by atoms with Crippen LogP contribution in [0.15, 0.2) is 30.5 Å². The van der Waals surface area contributed by atoms with Crippen molar-refractivity contribution in [3.8, 4) is 11.1 Å². The third kappa shape index (κ3) is 4.38. The highest BCUT2D eigenvalue weighted by Gasteiger charge is 2.21. The van der Waals surface area contributed by atoms with Gasteiger partial charge in [-0.15, -0.1) is 0 Å². The first-order valence-corrected chi connectivity index (χ1v) is 9.47. The lowest BCUT2D eigenvalue weighted by Crippen LogP contribution is -2.24. The van der Waals surface area contributed by atoms with Gasteiger partial charge < -0.3 is 16.0 Å². The van der Waals surface area contributed by atoms with Crippen LogP contribution in [0.25, 0.3) is 11.1 Å². The number of anilines is 2. The molecule has 1 aliphatic rings. The summed E-state index contributed by atoms with van der Waals surface area (Å²) < 4.78 is 15.0. The highest BCUT2D eigenvalue weighted by molar-refractivity contribution is 6.00. The maximum Gasteiger partial charge on any atom is 0.258 e. The SMILES string of the molecule is CN(C)C(=O)c1c(N)ccc(-c2ccc(NCC3CCCCC3)nc2)c1F. The van der Waals surface area contributed by atoms with E-state index in [-0.39, 0.29) is 11.3 Å². The molecule has 1 heterocycles. The molecule has 1 aliphatic carbocycles. The minimum atomic E-state index is -0.613. The van der Waals surface area contributed by atoms with Gasteiger partial charge in [-0.3, -0.25) is 4.79 Å². The number of pyridine rings is 1. The van der Waals surface area contributed by atoms with Crippen molar-refractivity contribution in [2.24, 2.45) is 5.92 Å². The van der Waals surface area contributed by atoms with E-state index in [1.54, 1.807) is 32.4 Å². The van der Waals surface area contributed by atoms with Crippen LogP contribution in [0.3, 0.4) is 0 Å². The number of halogens is 1. The minimum absolute atomic E-state index is 0.1000. The summed E-state index contributed by atoms with van der Waals surface area (Å²) in [5.41, 5.74) is 6.80. The molecule has 0 spiro atoms. The highest BCUT2D eigenvalue weighted by Crippen LogP contribution is 2.29. The number of nitrogen functional groups attached to an aromatic ring is 1. The number of carbonyl (C=O) groups excluding carboxylic acids is 1. The fourth-order valence-electron chi connectivity index (χ4n) is 3.55. The molecular formula is C21H27FN4O. The normalized spacial score (nSPS) is 14.8. The predicted molar refractivity (Wildman–Crippen MR) is 107 cm³/mol. The Bertz CT molecular complexity index is 799. The van der Waals surface area contributed by atoms with Crippen LogP contribution in [-0.4, -0.2) is 36.4 Å². The van der Waals surface area contributed by atoms with Crippen LogP contribution in [0, 0.1) is 11.7 Å². The molecular weight excluding hydrogens is 343 g/mol. The summed E-state index contributed by atoms with van der Waals surface area (Å²) in [5.74, 6) is 0.420. The lowest BCUT2D eigenvalue weighted by atomic mass is 9.89. The molecule has 0 atom stereocenters. The molecule has 5 nitrogen and oxygen atoms in total. The van der Waals surface area contributed by atoms with Gasteiger partial charge in [-0.2, -0.15) is 0 Å². The van der Waals surface area contributed by atoms with Crippen LogP contribution >= 0.6 is 0 Å². The summed E-state index contributed by atoms with van der Waals surface area (Å²) in [6.07, 6.45) is 8.12. The smallest absolute Gasteiger partial charge is 0.258 e. The van der Waals surface area contributed by atoms with Gasteiger partial charge in [0.25, 0.3) is 5.91 Å². The number of nitrogens with two attached hydrogens (primary N) is 1. The Balaban J connectivity index is 1.76. The standard InChI is InChI=1S/C21H27FN4O/c1-26(2)21(27)19-17(23)10-9-16(20(19)22)15-8-11-18(25-13-15)24-12-14-6-4-3-5-7-14/h8-11,13-14H,3-7,12,23H2,1-2H3,(H,24,25). The molecule has 1 aromatic heterocycles. The second kappa shape index (κ2) is 8.37. The summed E-state index contributed by atoms with van der Waals surface area (Å²) in [6, 6.07) is 6.81. The van der Waals surface area contributed by atoms with Gasteiger partial charge >= 0.3 is 0 Å². The van der Waals surface area contributed by atoms with Crippen molar-refractivity contribution in [3.05, 3.63) is 41.8 Å². The van der Waals surface area contributed by atoms with Gasteiger partial charge in [-0.1, -0.05) is 19.3 Å². The second-order valence-corrected chi connectivity index (χ2v) is 7.41. The number of hydrogen-bond donors (Lipinski definition) is 2. The minimum Gasteiger partial charge on any atom is -0.398 e. The zero-order chi connectivity index (χ0) is 19.4. The summed E-state index contributed by atoms with van der Waals surface area (Å²) in [5, 5.41) is 3.38. The van der Waals surface area contributed by atoms with E-state index in [2.05, 4.69) is 10.3 Å². The number of nitrogens with zero attached hydrogens (tertiary/aromatic N) is 2. The van der Waals surface area contributed by atoms with Crippen LogP contribution in [0.4, 0.5) is 15.9 Å². The Morgan fingerprint density at radius 3 is 2.59 bits per heavy atom. The van der Waals surface area contributed by atoms with Gasteiger partial charge in [0.15, 0.2) is 0 Å². The molecule has 1 amide bonds. The van der Waals surface area contributed by atoms with Crippen LogP contribution in [0.1, 0.15) is 42.5 Å². The summed E-state index contributed by atoms with van der Waals surface area (Å²) in [7, 11) is 3.14. The number of rotatable bonds is 5. The Hall–Kier alpha value is -2.63. The van der Waals surface area contributed by atoms with Gasteiger partial charge in [-0.05, 0) is 43.0 Å². The molecule has 27 heavy (non-hydrogen) atoms. The van der Waals surface area contributed by atoms with E-state index >= 15 is 0 Å². The van der Waals surface area contributed by atoms with Crippen molar-refractivity contribution >= 4 is 17.4 Å². The Labute approximate surface area is 159 Å². The fraction of sp³-hybridized carbons (Fsp3) is 0.429. The zero-order valence-electron chi connectivity index (χ0n) is 16.0. The predicted octanol–water partition coefficient (Wildman–Crippen LogP) is 4.16. The third-order valence-corrected chi connectivity index (χ3v) is 5.17. The number of hydrogen-bond acceptors (Lipinski definition) is 4. The lowest BCUT2D eigenvalue weighted by Gasteiger charge is -2.22. The molecule has 3 rings (SSSR count). The van der Waals surface area contributed by atoms with Crippen molar-refractivity contribution in [2.45, 2.75) is 32.1 Å². The van der Waals surface area contributed by atoms with Crippen LogP contribution in [0.2, 0.25) is 0 Å². The van der Waals surface area contributed by atoms with E-state index in [0.29, 0.717) is 17.0 Å². The van der Waals surface area contributed by atoms with Crippen molar-refractivity contribution in [1.82, 2.24) is 9.88 Å². The number of aromatic nitrogens is 1. The molecule has 0 radical (unpaired) electrons. The number of nitrogens with one attached hydrogen (secondary N) is 1. The van der Waals surface area contributed by atoms with Crippen molar-refractivity contribution < 1.29 is 9.18 Å². The molecule has 1 saturated carbocycles. The molecule has 1 aromatic carbocycles. The average Bonchev–Trinajstić information content (AvgIpc) is 2.68. The largest absolute Gasteiger partial charge is 0.398 e. The van der Waals surface area contributed by atoms with Crippen molar-refractivity contribution in [1.29, 1.82) is 0 Å². The second-order valence-electron chi connectivity index (χ2n) is 7.41. The number of carbonyl (C=O) groups is 1. The quantitative estimate of drug-likeness (QED) is 0.775. The monoisotopic (exact) mass is 370 g/mol. The third-order valence-electron chi connectivity index (χ3n) is 5.17. The van der Waals surface area contributed by atoms with Crippen molar-refractivity contribution in [3.63, 3.8) is 0 Å². The molecule has 144 valence electrons. The zero-order valence-corrected chi connectivity index (χ0v) is 16.0. The van der Waals surface area contributed by atoms with E-state index in [1.807, 2.05) is 12.1 Å². The molecule has 0 aliphatic heterocycles. The van der Waals surface area contributed by atoms with Gasteiger partial charge in [0.2, 0.25) is 0 Å². The van der Waals surface area contributed by atoms with E-state index in [4.69, 9.17) is 5.73 Å². The topological polar surface area (TPSA) is 71.2 Å². The van der Waals surface area contributed by atoms with Gasteiger partial charge in [0.05, 0.1) is 5.56 Å². The molecule has 2 aromatic rings. The van der Waals surface area contributed by atoms with E-state index < -0.39 is 11.7 Å². The van der Waals surface area contributed by atoms with E-state index in [0.717, 1.165) is 12.4 Å². The maximum absolute atomic E-state index is 15.0. The first kappa shape index (κ1) is 19.1. The molecule has 1 fully saturated rings. The summed E-state index contributed by atoms with van der Waals surface area (Å²) in [4.78, 5) is 18.0. The first-order valence-electron chi connectivity index (χ1n) is 9.47. The van der Waals surface area contributed by atoms with Gasteiger partial charge in [0.1, 0.15) is 11.6 Å². The maximum atomic E-state index is 15.0. The molecule has 6 heteroatoms. The molecule has 0 saturated heterocycles. The van der Waals surface area contributed by atoms with Crippen LogP contribution in [-0.2, 0) is 0 Å². The van der Waals surface area contributed by atoms with Crippen LogP contribution in [0.5, 0.6) is 0 Å². The first-order chi connectivity index (χ1) is 13.0. The fourth-order valence-corrected chi connectivity index (χ4v) is 3.55. The molecule has 0 unspecified atom stereocenters. The van der Waals surface area contributed by atoms with E-state index in [9.17, 15) is 9.18 Å². The molecule has 0 bridgehead atoms. The van der Waals surface area contributed by atoms with E-state index in [1.165, 1.54) is 37.0 Å². The highest BCUT2D eigenvalue weighted by atomic mass is 19.1. The Kier molecular flexibility index (Phi) is 5.94. The van der Waals surface area contributed by atoms with Crippen molar-refractivity contribution in [2.75, 3.05) is 31.7 Å². The summed E-state index contributed by atoms with van der Waals surface area (Å²) in [6.45, 7) is 0.921. The summed E-state index contributed by atoms with van der Waals surface area (Å²) >= 11 is 0. The lowest BCUT2D eigenvalue weighted by molar-refractivity contribution is 0.0824. The number of benzene rings is 1. The molecule has 3 N–H and O–H groups in total. The van der Waals surface area contributed by atoms with Gasteiger partial charge in [0, 0.05) is 43.7 Å².